The van der Waals surface area contributed by atoms with Crippen molar-refractivity contribution in [3.05, 3.63) is 0 Å². The lowest BCUT2D eigenvalue weighted by Gasteiger charge is -2.17. The number of carbonyl (C=O) groups excluding carboxylic acids is 1. The molecule has 1 atom stereocenters. The summed E-state index contributed by atoms with van der Waals surface area (Å²) in [6.07, 6.45) is 2.39. The van der Waals surface area contributed by atoms with Gasteiger partial charge >= 0.3 is 5.97 Å². The van der Waals surface area contributed by atoms with Crippen molar-refractivity contribution in [3.8, 4) is 0 Å². The molecule has 1 rings (SSSR count). The van der Waals surface area contributed by atoms with Crippen LogP contribution in [0.1, 0.15) is 32.6 Å². The van der Waals surface area contributed by atoms with Crippen LogP contribution in [0.5, 0.6) is 0 Å². The van der Waals surface area contributed by atoms with Gasteiger partial charge in [0.25, 0.3) is 0 Å². The predicted molar refractivity (Wildman–Crippen MR) is 69.1 cm³/mol. The summed E-state index contributed by atoms with van der Waals surface area (Å²) in [6.45, 7) is 1.96. The molecule has 1 fully saturated rings. The molecule has 2 N–H and O–H groups in total. The molecule has 110 valence electrons. The van der Waals surface area contributed by atoms with Gasteiger partial charge in [-0.15, -0.1) is 0 Å². The molecule has 0 bridgehead atoms. The van der Waals surface area contributed by atoms with Crippen molar-refractivity contribution in [1.29, 1.82) is 0 Å². The average molecular weight is 292 g/mol. The summed E-state index contributed by atoms with van der Waals surface area (Å²) in [5.74, 6) is -1.60. The Morgan fingerprint density at radius 1 is 1.42 bits per heavy atom. The molecule has 19 heavy (non-hydrogen) atoms. The molecule has 1 aliphatic heterocycles. The summed E-state index contributed by atoms with van der Waals surface area (Å²) >= 11 is 0. The fraction of sp³-hybridized carbons (Fsp3) is 0.818. The number of rotatable bonds is 7. The van der Waals surface area contributed by atoms with Crippen LogP contribution >= 0.6 is 0 Å². The van der Waals surface area contributed by atoms with Crippen molar-refractivity contribution in [1.82, 2.24) is 9.62 Å². The summed E-state index contributed by atoms with van der Waals surface area (Å²) in [5, 5.41) is 11.3. The number of unbranched alkanes of at least 4 members (excludes halogenated alkanes) is 1. The first-order chi connectivity index (χ1) is 8.86. The Morgan fingerprint density at radius 2 is 2.11 bits per heavy atom. The number of nitrogens with zero attached hydrogens (tertiary/aromatic N) is 1. The van der Waals surface area contributed by atoms with E-state index in [1.807, 2.05) is 6.92 Å². The van der Waals surface area contributed by atoms with Gasteiger partial charge in [-0.05, 0) is 12.8 Å². The molecule has 7 nitrogen and oxygen atoms in total. The summed E-state index contributed by atoms with van der Waals surface area (Å²) in [6, 6.07) is -0.947. The minimum absolute atomic E-state index is 0.0540. The number of nitrogens with one attached hydrogen (secondary N) is 1. The Kier molecular flexibility index (Phi) is 5.74. The van der Waals surface area contributed by atoms with Gasteiger partial charge in [0.2, 0.25) is 15.9 Å². The molecule has 1 heterocycles. The third-order valence-electron chi connectivity index (χ3n) is 3.00. The smallest absolute Gasteiger partial charge is 0.326 e. The van der Waals surface area contributed by atoms with E-state index in [1.54, 1.807) is 0 Å². The van der Waals surface area contributed by atoms with Gasteiger partial charge in [-0.1, -0.05) is 19.8 Å². The Morgan fingerprint density at radius 3 is 2.58 bits per heavy atom. The predicted octanol–water partition coefficient (Wildman–Crippen LogP) is -0.218. The van der Waals surface area contributed by atoms with Crippen LogP contribution in [0.2, 0.25) is 0 Å². The molecule has 0 saturated carbocycles. The molecule has 0 radical (unpaired) electrons. The van der Waals surface area contributed by atoms with E-state index in [0.717, 1.165) is 10.7 Å². The summed E-state index contributed by atoms with van der Waals surface area (Å²) in [5.41, 5.74) is 0. The Bertz CT molecular complexity index is 434. The number of hydrogen-bond donors (Lipinski definition) is 2. The number of carboxylic acids is 1. The van der Waals surface area contributed by atoms with Gasteiger partial charge < -0.3 is 10.4 Å². The molecule has 8 heteroatoms. The number of amides is 1. The SMILES string of the molecule is CCCC[C@H](NC(=O)CN1CCCS1(=O)=O)C(=O)O. The largest absolute Gasteiger partial charge is 0.480 e. The Hall–Kier alpha value is -1.15. The van der Waals surface area contributed by atoms with Crippen LogP contribution in [0.15, 0.2) is 0 Å². The fourth-order valence-electron chi connectivity index (χ4n) is 1.93. The van der Waals surface area contributed by atoms with Crippen LogP contribution in [-0.2, 0) is 19.6 Å². The fourth-order valence-corrected chi connectivity index (χ4v) is 3.41. The van der Waals surface area contributed by atoms with Crippen LogP contribution in [0.3, 0.4) is 0 Å². The van der Waals surface area contributed by atoms with Crippen LogP contribution in [-0.4, -0.2) is 54.6 Å². The van der Waals surface area contributed by atoms with E-state index in [4.69, 9.17) is 5.11 Å². The maximum absolute atomic E-state index is 11.7. The maximum Gasteiger partial charge on any atom is 0.326 e. The molecule has 0 spiro atoms. The summed E-state index contributed by atoms with van der Waals surface area (Å²) in [7, 11) is -3.33. The first-order valence-electron chi connectivity index (χ1n) is 6.37. The van der Waals surface area contributed by atoms with Crippen molar-refractivity contribution in [3.63, 3.8) is 0 Å². The zero-order valence-electron chi connectivity index (χ0n) is 11.0. The van der Waals surface area contributed by atoms with E-state index in [9.17, 15) is 18.0 Å². The molecular weight excluding hydrogens is 272 g/mol. The van der Waals surface area contributed by atoms with Crippen molar-refractivity contribution < 1.29 is 23.1 Å². The minimum atomic E-state index is -3.33. The van der Waals surface area contributed by atoms with Gasteiger partial charge in [-0.25, -0.2) is 13.2 Å². The molecule has 0 aromatic rings. The van der Waals surface area contributed by atoms with E-state index in [1.165, 1.54) is 0 Å². The molecule has 1 aliphatic rings. The third kappa shape index (κ3) is 4.79. The number of carboxylic acid groups (broad SMARTS) is 1. The van der Waals surface area contributed by atoms with Gasteiger partial charge in [-0.2, -0.15) is 4.31 Å². The zero-order chi connectivity index (χ0) is 14.5. The standard InChI is InChI=1S/C11H20N2O5S/c1-2-3-5-9(11(15)16)12-10(14)8-13-6-4-7-19(13,17)18/h9H,2-8H2,1H3,(H,12,14)(H,15,16)/t9-/m0/s1. The lowest BCUT2D eigenvalue weighted by atomic mass is 10.1. The average Bonchev–Trinajstić information content (AvgIpc) is 2.63. The van der Waals surface area contributed by atoms with Crippen molar-refractivity contribution in [2.75, 3.05) is 18.8 Å². The highest BCUT2D eigenvalue weighted by Gasteiger charge is 2.30. The Balaban J connectivity index is 2.51. The second kappa shape index (κ2) is 6.85. The molecule has 0 aromatic carbocycles. The molecule has 1 saturated heterocycles. The summed E-state index contributed by atoms with van der Waals surface area (Å²) in [4.78, 5) is 22.6. The van der Waals surface area contributed by atoms with Crippen LogP contribution in [0.25, 0.3) is 0 Å². The molecule has 1 amide bonds. The number of aliphatic carboxylic acids is 1. The van der Waals surface area contributed by atoms with Crippen molar-refractivity contribution >= 4 is 21.9 Å². The number of carbonyl (C=O) groups is 2. The highest BCUT2D eigenvalue weighted by atomic mass is 32.2. The van der Waals surface area contributed by atoms with E-state index < -0.39 is 27.9 Å². The first-order valence-corrected chi connectivity index (χ1v) is 7.97. The number of hydrogen-bond acceptors (Lipinski definition) is 4. The van der Waals surface area contributed by atoms with Gasteiger partial charge in [0.05, 0.1) is 12.3 Å². The lowest BCUT2D eigenvalue weighted by Crippen LogP contribution is -2.45. The highest BCUT2D eigenvalue weighted by molar-refractivity contribution is 7.89. The van der Waals surface area contributed by atoms with E-state index in [-0.39, 0.29) is 12.3 Å². The normalized spacial score (nSPS) is 20.1. The topological polar surface area (TPSA) is 104 Å². The number of sulfonamides is 1. The molecular formula is C11H20N2O5S. The first kappa shape index (κ1) is 15.9. The second-order valence-electron chi connectivity index (χ2n) is 4.60. The van der Waals surface area contributed by atoms with Gasteiger partial charge in [-0.3, -0.25) is 4.79 Å². The van der Waals surface area contributed by atoms with Crippen LogP contribution < -0.4 is 5.32 Å². The van der Waals surface area contributed by atoms with Crippen LogP contribution in [0.4, 0.5) is 0 Å². The second-order valence-corrected chi connectivity index (χ2v) is 6.69. The van der Waals surface area contributed by atoms with Crippen LogP contribution in [0, 0.1) is 0 Å². The maximum atomic E-state index is 11.7. The monoisotopic (exact) mass is 292 g/mol. The molecule has 0 aliphatic carbocycles. The van der Waals surface area contributed by atoms with Crippen molar-refractivity contribution in [2.24, 2.45) is 0 Å². The van der Waals surface area contributed by atoms with E-state index in [0.29, 0.717) is 25.8 Å². The highest BCUT2D eigenvalue weighted by Crippen LogP contribution is 2.12. The third-order valence-corrected chi connectivity index (χ3v) is 4.91. The molecule has 0 aromatic heterocycles. The lowest BCUT2D eigenvalue weighted by molar-refractivity contribution is -0.142. The molecule has 0 unspecified atom stereocenters. The van der Waals surface area contributed by atoms with Gasteiger partial charge in [0.1, 0.15) is 6.04 Å². The van der Waals surface area contributed by atoms with Gasteiger partial charge in [0.15, 0.2) is 0 Å². The van der Waals surface area contributed by atoms with Gasteiger partial charge in [0, 0.05) is 6.54 Å². The zero-order valence-corrected chi connectivity index (χ0v) is 11.8. The Labute approximate surface area is 113 Å². The quantitative estimate of drug-likeness (QED) is 0.675. The van der Waals surface area contributed by atoms with E-state index in [2.05, 4.69) is 5.32 Å². The minimum Gasteiger partial charge on any atom is -0.480 e. The van der Waals surface area contributed by atoms with Crippen molar-refractivity contribution in [2.45, 2.75) is 38.6 Å². The van der Waals surface area contributed by atoms with E-state index >= 15 is 0 Å². The summed E-state index contributed by atoms with van der Waals surface area (Å²) < 4.78 is 24.1.